The fraction of sp³-hybridized carbons (Fsp3) is 0.278. The molecule has 25 heavy (non-hydrogen) atoms. The molecule has 0 aromatic heterocycles. The average Bonchev–Trinajstić information content (AvgIpc) is 2.54. The molecule has 0 aliphatic heterocycles. The molecule has 5 nitrogen and oxygen atoms in total. The second-order valence-electron chi connectivity index (χ2n) is 5.76. The number of sulfonamides is 1. The average molecular weight is 472 g/mol. The van der Waals surface area contributed by atoms with E-state index in [0.717, 1.165) is 37.4 Å². The van der Waals surface area contributed by atoms with Crippen molar-refractivity contribution in [1.29, 1.82) is 0 Å². The molecule has 7 heteroatoms. The van der Waals surface area contributed by atoms with Gasteiger partial charge < -0.3 is 5.32 Å². The zero-order valence-electron chi connectivity index (χ0n) is 14.4. The molecule has 1 N–H and O–H groups in total. The van der Waals surface area contributed by atoms with E-state index in [1.165, 1.54) is 0 Å². The monoisotopic (exact) mass is 472 g/mol. The summed E-state index contributed by atoms with van der Waals surface area (Å²) in [5, 5.41) is 2.87. The molecule has 0 atom stereocenters. The third kappa shape index (κ3) is 5.18. The number of hydrogen-bond acceptors (Lipinski definition) is 3. The van der Waals surface area contributed by atoms with Crippen LogP contribution in [-0.2, 0) is 21.2 Å². The summed E-state index contributed by atoms with van der Waals surface area (Å²) in [6.07, 6.45) is 1.88. The van der Waals surface area contributed by atoms with Crippen molar-refractivity contribution in [1.82, 2.24) is 0 Å². The Balaban J connectivity index is 2.25. The largest absolute Gasteiger partial charge is 0.324 e. The lowest BCUT2D eigenvalue weighted by Crippen LogP contribution is -2.37. The Labute approximate surface area is 162 Å². The molecule has 1 amide bonds. The predicted octanol–water partition coefficient (Wildman–Crippen LogP) is 3.57. The van der Waals surface area contributed by atoms with Crippen molar-refractivity contribution in [2.24, 2.45) is 0 Å². The molecular weight excluding hydrogens is 451 g/mol. The van der Waals surface area contributed by atoms with Crippen molar-refractivity contribution in [2.75, 3.05) is 22.4 Å². The third-order valence-electron chi connectivity index (χ3n) is 3.81. The lowest BCUT2D eigenvalue weighted by molar-refractivity contribution is -0.114. The van der Waals surface area contributed by atoms with E-state index in [-0.39, 0.29) is 12.5 Å². The van der Waals surface area contributed by atoms with E-state index in [9.17, 15) is 13.2 Å². The van der Waals surface area contributed by atoms with Gasteiger partial charge in [-0.3, -0.25) is 9.10 Å². The SMILES string of the molecule is CCc1cccc(C)c1NC(=O)CN(c1ccc(I)cc1)S(C)(=O)=O. The summed E-state index contributed by atoms with van der Waals surface area (Å²) < 4.78 is 26.4. The van der Waals surface area contributed by atoms with E-state index < -0.39 is 10.0 Å². The number of carbonyl (C=O) groups is 1. The smallest absolute Gasteiger partial charge is 0.245 e. The van der Waals surface area contributed by atoms with Gasteiger partial charge in [0.15, 0.2) is 0 Å². The molecule has 2 aromatic rings. The van der Waals surface area contributed by atoms with Gasteiger partial charge in [0.1, 0.15) is 6.54 Å². The Bertz CT molecular complexity index is 864. The molecule has 134 valence electrons. The van der Waals surface area contributed by atoms with Gasteiger partial charge in [-0.1, -0.05) is 25.1 Å². The summed E-state index contributed by atoms with van der Waals surface area (Å²) in [4.78, 5) is 12.5. The number of para-hydroxylation sites is 1. The molecule has 0 radical (unpaired) electrons. The van der Waals surface area contributed by atoms with Gasteiger partial charge in [0.05, 0.1) is 11.9 Å². The summed E-state index contributed by atoms with van der Waals surface area (Å²) in [6.45, 7) is 3.66. The number of benzene rings is 2. The lowest BCUT2D eigenvalue weighted by atomic mass is 10.1. The Morgan fingerprint density at radius 2 is 1.80 bits per heavy atom. The van der Waals surface area contributed by atoms with Crippen molar-refractivity contribution in [3.05, 3.63) is 57.2 Å². The van der Waals surface area contributed by atoms with Crippen molar-refractivity contribution in [3.63, 3.8) is 0 Å². The number of carbonyl (C=O) groups excluding carboxylic acids is 1. The van der Waals surface area contributed by atoms with Crippen LogP contribution in [0.25, 0.3) is 0 Å². The second kappa shape index (κ2) is 8.18. The number of rotatable bonds is 6. The second-order valence-corrected chi connectivity index (χ2v) is 8.91. The van der Waals surface area contributed by atoms with Crippen molar-refractivity contribution >= 4 is 49.9 Å². The van der Waals surface area contributed by atoms with Crippen molar-refractivity contribution in [3.8, 4) is 0 Å². The van der Waals surface area contributed by atoms with Crippen LogP contribution in [0.2, 0.25) is 0 Å². The van der Waals surface area contributed by atoms with Gasteiger partial charge in [0.2, 0.25) is 15.9 Å². The maximum Gasteiger partial charge on any atom is 0.245 e. The van der Waals surface area contributed by atoms with Crippen LogP contribution in [0.3, 0.4) is 0 Å². The minimum Gasteiger partial charge on any atom is -0.324 e. The highest BCUT2D eigenvalue weighted by Crippen LogP contribution is 2.22. The molecule has 0 fully saturated rings. The van der Waals surface area contributed by atoms with Crippen LogP contribution in [0, 0.1) is 10.5 Å². The Morgan fingerprint density at radius 3 is 2.36 bits per heavy atom. The third-order valence-corrected chi connectivity index (χ3v) is 5.67. The number of hydrogen-bond donors (Lipinski definition) is 1. The minimum atomic E-state index is -3.57. The first-order chi connectivity index (χ1) is 11.7. The zero-order valence-corrected chi connectivity index (χ0v) is 17.4. The summed E-state index contributed by atoms with van der Waals surface area (Å²) in [5.74, 6) is -0.368. The zero-order chi connectivity index (χ0) is 18.6. The number of halogens is 1. The number of anilines is 2. The van der Waals surface area contributed by atoms with E-state index >= 15 is 0 Å². The maximum absolute atomic E-state index is 12.5. The van der Waals surface area contributed by atoms with Crippen LogP contribution in [0.5, 0.6) is 0 Å². The van der Waals surface area contributed by atoms with Crippen LogP contribution >= 0.6 is 22.6 Å². The molecular formula is C18H21IN2O3S. The molecule has 0 saturated heterocycles. The first-order valence-electron chi connectivity index (χ1n) is 7.84. The van der Waals surface area contributed by atoms with Gasteiger partial charge in [-0.2, -0.15) is 0 Å². The Kier molecular flexibility index (Phi) is 6.45. The van der Waals surface area contributed by atoms with Crippen LogP contribution in [-0.4, -0.2) is 27.1 Å². The van der Waals surface area contributed by atoms with E-state index in [0.29, 0.717) is 5.69 Å². The number of nitrogens with one attached hydrogen (secondary N) is 1. The van der Waals surface area contributed by atoms with Crippen LogP contribution < -0.4 is 9.62 Å². The predicted molar refractivity (Wildman–Crippen MR) is 111 cm³/mol. The van der Waals surface area contributed by atoms with Gasteiger partial charge in [-0.05, 0) is 71.3 Å². The highest BCUT2D eigenvalue weighted by atomic mass is 127. The highest BCUT2D eigenvalue weighted by molar-refractivity contribution is 14.1. The molecule has 2 rings (SSSR count). The van der Waals surface area contributed by atoms with Crippen molar-refractivity contribution < 1.29 is 13.2 Å². The van der Waals surface area contributed by atoms with Gasteiger partial charge >= 0.3 is 0 Å². The summed E-state index contributed by atoms with van der Waals surface area (Å²) in [7, 11) is -3.57. The van der Waals surface area contributed by atoms with Gasteiger partial charge in [0.25, 0.3) is 0 Å². The minimum absolute atomic E-state index is 0.267. The van der Waals surface area contributed by atoms with Gasteiger partial charge in [-0.15, -0.1) is 0 Å². The molecule has 2 aromatic carbocycles. The maximum atomic E-state index is 12.5. The molecule has 0 unspecified atom stereocenters. The van der Waals surface area contributed by atoms with Crippen molar-refractivity contribution in [2.45, 2.75) is 20.3 Å². The van der Waals surface area contributed by atoms with E-state index in [4.69, 9.17) is 0 Å². The molecule has 0 bridgehead atoms. The number of nitrogens with zero attached hydrogens (tertiary/aromatic N) is 1. The Morgan fingerprint density at radius 1 is 1.16 bits per heavy atom. The standard InChI is InChI=1S/C18H21IN2O3S/c1-4-14-7-5-6-13(2)18(14)20-17(22)12-21(25(3,23)24)16-10-8-15(19)9-11-16/h5-11H,4,12H2,1-3H3,(H,20,22). The first-order valence-corrected chi connectivity index (χ1v) is 10.8. The quantitative estimate of drug-likeness (QED) is 0.654. The molecule has 0 saturated carbocycles. The summed E-state index contributed by atoms with van der Waals surface area (Å²) in [5.41, 5.74) is 3.20. The summed E-state index contributed by atoms with van der Waals surface area (Å²) >= 11 is 2.15. The fourth-order valence-electron chi connectivity index (χ4n) is 2.52. The van der Waals surface area contributed by atoms with Crippen LogP contribution in [0.15, 0.2) is 42.5 Å². The molecule has 0 heterocycles. The number of amides is 1. The molecule has 0 aliphatic rings. The van der Waals surface area contributed by atoms with Gasteiger partial charge in [-0.25, -0.2) is 8.42 Å². The first kappa shape index (κ1) is 19.7. The fourth-order valence-corrected chi connectivity index (χ4v) is 3.73. The van der Waals surface area contributed by atoms with E-state index in [1.54, 1.807) is 12.1 Å². The number of aryl methyl sites for hydroxylation is 2. The van der Waals surface area contributed by atoms with Gasteiger partial charge in [0, 0.05) is 9.26 Å². The summed E-state index contributed by atoms with van der Waals surface area (Å²) in [6, 6.07) is 12.8. The molecule has 0 aliphatic carbocycles. The van der Waals surface area contributed by atoms with E-state index in [1.807, 2.05) is 44.2 Å². The topological polar surface area (TPSA) is 66.5 Å². The molecule has 0 spiro atoms. The highest BCUT2D eigenvalue weighted by Gasteiger charge is 2.21. The Hall–Kier alpha value is -1.61. The van der Waals surface area contributed by atoms with Crippen LogP contribution in [0.4, 0.5) is 11.4 Å². The normalized spacial score (nSPS) is 11.2. The van der Waals surface area contributed by atoms with E-state index in [2.05, 4.69) is 27.9 Å². The van der Waals surface area contributed by atoms with Crippen LogP contribution in [0.1, 0.15) is 18.1 Å². The lowest BCUT2D eigenvalue weighted by Gasteiger charge is -2.22.